The number of carboxylic acids is 1. The Hall–Kier alpha value is -4.39. The van der Waals surface area contributed by atoms with Gasteiger partial charge in [0.2, 0.25) is 29.5 Å². The molecule has 0 unspecified atom stereocenters. The lowest BCUT2D eigenvalue weighted by Gasteiger charge is -2.27. The van der Waals surface area contributed by atoms with Gasteiger partial charge < -0.3 is 53.9 Å². The lowest BCUT2D eigenvalue weighted by molar-refractivity contribution is -0.142. The molecule has 1 heterocycles. The van der Waals surface area contributed by atoms with Crippen LogP contribution in [0.25, 0.3) is 0 Å². The van der Waals surface area contributed by atoms with Gasteiger partial charge in [0.25, 0.3) is 0 Å². The van der Waals surface area contributed by atoms with Crippen molar-refractivity contribution in [1.82, 2.24) is 36.6 Å². The summed E-state index contributed by atoms with van der Waals surface area (Å²) >= 11 is 4.16. The second-order valence-electron chi connectivity index (χ2n) is 12.6. The minimum absolute atomic E-state index is 0.0200. The number of hydrogen-bond acceptors (Lipinski definition) is 10. The maximum Gasteiger partial charge on any atom is 0.326 e. The Morgan fingerprint density at radius 1 is 0.816 bits per heavy atom. The standard InChI is InChI=1S/C30H53N11O7S/c1-15(2)9-21(27(45)41-23(13-49)28(46)40-22(29(47)48)10-16(3)4)39-26(44)20(7-6-8-35-30(32)33)38-24(42)17(5)37-25(43)19(31)11-18-12-34-14-36-18/h12,14-17,19-23,49H,6-11,13,31H2,1-5H3,(H,34,36)(H,37,43)(H,38,42)(H,39,44)(H,40,46)(H,41,45)(H,47,48)(H4,32,33,35)/t17-,19-,20-,21-,22-,23-/m0/s1. The highest BCUT2D eigenvalue weighted by Crippen LogP contribution is 2.09. The number of carbonyl (C=O) groups is 6. The van der Waals surface area contributed by atoms with E-state index in [1.807, 2.05) is 27.7 Å². The van der Waals surface area contributed by atoms with E-state index in [1.165, 1.54) is 19.4 Å². The van der Waals surface area contributed by atoms with E-state index in [4.69, 9.17) is 17.2 Å². The zero-order chi connectivity index (χ0) is 37.3. The summed E-state index contributed by atoms with van der Waals surface area (Å²) in [6.45, 7) is 8.86. The lowest BCUT2D eigenvalue weighted by Crippen LogP contribution is -2.59. The van der Waals surface area contributed by atoms with Gasteiger partial charge in [-0.1, -0.05) is 27.7 Å². The second kappa shape index (κ2) is 21.6. The third-order valence-electron chi connectivity index (χ3n) is 7.14. The van der Waals surface area contributed by atoms with Crippen molar-refractivity contribution in [3.8, 4) is 0 Å². The average Bonchev–Trinajstić information content (AvgIpc) is 3.52. The first-order chi connectivity index (χ1) is 22.9. The van der Waals surface area contributed by atoms with Crippen LogP contribution in [0.1, 0.15) is 66.0 Å². The van der Waals surface area contributed by atoms with Crippen LogP contribution in [-0.2, 0) is 35.2 Å². The Morgan fingerprint density at radius 2 is 1.35 bits per heavy atom. The molecule has 6 atom stereocenters. The summed E-state index contributed by atoms with van der Waals surface area (Å²) in [5.41, 5.74) is 17.4. The third kappa shape index (κ3) is 16.5. The molecule has 0 spiro atoms. The van der Waals surface area contributed by atoms with Crippen LogP contribution in [0, 0.1) is 11.8 Å². The van der Waals surface area contributed by atoms with Crippen molar-refractivity contribution >= 4 is 54.1 Å². The quantitative estimate of drug-likeness (QED) is 0.0268. The number of rotatable bonds is 22. The van der Waals surface area contributed by atoms with Gasteiger partial charge >= 0.3 is 5.97 Å². The van der Waals surface area contributed by atoms with E-state index in [0.29, 0.717) is 5.69 Å². The van der Waals surface area contributed by atoms with E-state index in [0.717, 1.165) is 0 Å². The molecule has 1 aromatic heterocycles. The molecule has 18 nitrogen and oxygen atoms in total. The largest absolute Gasteiger partial charge is 0.480 e. The molecule has 0 radical (unpaired) electrons. The fraction of sp³-hybridized carbons (Fsp3) is 0.667. The average molecular weight is 712 g/mol. The highest BCUT2D eigenvalue weighted by Gasteiger charge is 2.32. The molecule has 0 saturated carbocycles. The Balaban J connectivity index is 3.07. The van der Waals surface area contributed by atoms with Gasteiger partial charge in [-0.05, 0) is 44.4 Å². The number of nitrogens with zero attached hydrogens (tertiary/aromatic N) is 2. The molecule has 0 aliphatic rings. The van der Waals surface area contributed by atoms with Crippen molar-refractivity contribution in [2.24, 2.45) is 34.0 Å². The fourth-order valence-electron chi connectivity index (χ4n) is 4.59. The van der Waals surface area contributed by atoms with Crippen molar-refractivity contribution in [1.29, 1.82) is 0 Å². The zero-order valence-electron chi connectivity index (χ0n) is 28.7. The predicted octanol–water partition coefficient (Wildman–Crippen LogP) is -2.12. The number of carbonyl (C=O) groups excluding carboxylic acids is 5. The maximum absolute atomic E-state index is 13.6. The molecule has 0 aliphatic heterocycles. The first-order valence-electron chi connectivity index (χ1n) is 16.1. The van der Waals surface area contributed by atoms with E-state index >= 15 is 0 Å². The van der Waals surface area contributed by atoms with Crippen molar-refractivity contribution in [3.63, 3.8) is 0 Å². The Labute approximate surface area is 291 Å². The Kier molecular flexibility index (Phi) is 18.8. The van der Waals surface area contributed by atoms with Crippen molar-refractivity contribution in [2.45, 2.75) is 103 Å². The van der Waals surface area contributed by atoms with Gasteiger partial charge in [-0.2, -0.15) is 12.6 Å². The Morgan fingerprint density at radius 3 is 1.88 bits per heavy atom. The molecule has 1 rings (SSSR count). The molecule has 0 aliphatic carbocycles. The molecule has 0 fully saturated rings. The van der Waals surface area contributed by atoms with Crippen LogP contribution in [0.2, 0.25) is 0 Å². The smallest absolute Gasteiger partial charge is 0.326 e. The maximum atomic E-state index is 13.6. The second-order valence-corrected chi connectivity index (χ2v) is 13.0. The normalized spacial score (nSPS) is 14.8. The molecule has 5 amide bonds. The summed E-state index contributed by atoms with van der Waals surface area (Å²) in [6, 6.07) is -6.72. The molecular weight excluding hydrogens is 658 g/mol. The van der Waals surface area contributed by atoms with Crippen molar-refractivity contribution in [3.05, 3.63) is 18.2 Å². The summed E-state index contributed by atoms with van der Waals surface area (Å²) in [5.74, 6) is -5.04. The SMILES string of the molecule is CC(C)C[C@H](NC(=O)[C@H](CS)NC(=O)[C@H](CC(C)C)NC(=O)[C@H](CCCN=C(N)N)NC(=O)[C@H](C)NC(=O)[C@@H](N)Cc1cnc[nH]1)C(=O)O. The van der Waals surface area contributed by atoms with Gasteiger partial charge in [-0.25, -0.2) is 9.78 Å². The van der Waals surface area contributed by atoms with Gasteiger partial charge in [0, 0.05) is 30.6 Å². The first-order valence-corrected chi connectivity index (χ1v) is 16.7. The summed E-state index contributed by atoms with van der Waals surface area (Å²) in [7, 11) is 0. The summed E-state index contributed by atoms with van der Waals surface area (Å²) < 4.78 is 0. The monoisotopic (exact) mass is 711 g/mol. The summed E-state index contributed by atoms with van der Waals surface area (Å²) in [6.07, 6.45) is 3.82. The molecule has 0 saturated heterocycles. The minimum atomic E-state index is -1.21. The highest BCUT2D eigenvalue weighted by molar-refractivity contribution is 7.80. The van der Waals surface area contributed by atoms with Crippen LogP contribution in [-0.4, -0.2) is 105 Å². The first kappa shape index (κ1) is 42.6. The summed E-state index contributed by atoms with van der Waals surface area (Å²) in [4.78, 5) is 87.9. The van der Waals surface area contributed by atoms with Crippen LogP contribution in [0.15, 0.2) is 17.5 Å². The van der Waals surface area contributed by atoms with Gasteiger partial charge in [0.05, 0.1) is 12.4 Å². The number of aliphatic carboxylic acids is 1. The third-order valence-corrected chi connectivity index (χ3v) is 7.50. The topological polar surface area (TPSA) is 302 Å². The van der Waals surface area contributed by atoms with Crippen LogP contribution in [0.3, 0.4) is 0 Å². The van der Waals surface area contributed by atoms with Crippen molar-refractivity contribution in [2.75, 3.05) is 12.3 Å². The number of H-pyrrole nitrogens is 1. The van der Waals surface area contributed by atoms with Gasteiger partial charge in [0.1, 0.15) is 30.2 Å². The van der Waals surface area contributed by atoms with Gasteiger partial charge in [0.15, 0.2) is 5.96 Å². The molecular formula is C30H53N11O7S. The molecule has 1 aromatic rings. The number of hydrogen-bond donors (Lipinski definition) is 11. The number of aromatic nitrogens is 2. The highest BCUT2D eigenvalue weighted by atomic mass is 32.1. The summed E-state index contributed by atoms with van der Waals surface area (Å²) in [5, 5.41) is 22.3. The number of aromatic amines is 1. The number of aliphatic imine (C=N–C) groups is 1. The van der Waals surface area contributed by atoms with E-state index in [-0.39, 0.29) is 62.2 Å². The molecule has 0 aromatic carbocycles. The van der Waals surface area contributed by atoms with Crippen molar-refractivity contribution < 1.29 is 33.9 Å². The minimum Gasteiger partial charge on any atom is -0.480 e. The molecule has 276 valence electrons. The number of thiol groups is 1. The van der Waals surface area contributed by atoms with Crippen LogP contribution in [0.4, 0.5) is 0 Å². The number of carboxylic acid groups (broad SMARTS) is 1. The number of amides is 5. The molecule has 0 bridgehead atoms. The number of guanidine groups is 1. The predicted molar refractivity (Wildman–Crippen MR) is 186 cm³/mol. The van der Waals surface area contributed by atoms with E-state index in [2.05, 4.69) is 54.2 Å². The number of nitrogens with one attached hydrogen (secondary N) is 6. The lowest BCUT2D eigenvalue weighted by atomic mass is 10.0. The van der Waals surface area contributed by atoms with Crippen LogP contribution < -0.4 is 43.8 Å². The number of imidazole rings is 1. The molecule has 49 heavy (non-hydrogen) atoms. The van der Waals surface area contributed by atoms with Gasteiger partial charge in [-0.3, -0.25) is 29.0 Å². The Bertz CT molecular complexity index is 1270. The van der Waals surface area contributed by atoms with Gasteiger partial charge in [-0.15, -0.1) is 0 Å². The van der Waals surface area contributed by atoms with Crippen LogP contribution >= 0.6 is 12.6 Å². The van der Waals surface area contributed by atoms with Crippen LogP contribution in [0.5, 0.6) is 0 Å². The van der Waals surface area contributed by atoms with E-state index in [1.54, 1.807) is 0 Å². The molecule has 13 N–H and O–H groups in total. The fourth-order valence-corrected chi connectivity index (χ4v) is 4.84. The van der Waals surface area contributed by atoms with E-state index in [9.17, 15) is 33.9 Å². The number of nitrogens with two attached hydrogens (primary N) is 3. The molecule has 19 heteroatoms. The zero-order valence-corrected chi connectivity index (χ0v) is 29.6. The van der Waals surface area contributed by atoms with E-state index < -0.39 is 71.8 Å².